The van der Waals surface area contributed by atoms with Gasteiger partial charge in [-0.3, -0.25) is 9.59 Å². The maximum absolute atomic E-state index is 12.6. The number of aromatic nitrogens is 1. The van der Waals surface area contributed by atoms with E-state index in [0.717, 1.165) is 18.5 Å². The smallest absolute Gasteiger partial charge is 0.273 e. The number of ether oxygens (including phenoxy) is 1. The number of hydrogen-bond donors (Lipinski definition) is 0. The van der Waals surface area contributed by atoms with Gasteiger partial charge in [0.05, 0.1) is 18.6 Å². The van der Waals surface area contributed by atoms with E-state index in [0.29, 0.717) is 25.3 Å². The highest BCUT2D eigenvalue weighted by Gasteiger charge is 2.44. The van der Waals surface area contributed by atoms with E-state index in [1.807, 2.05) is 30.3 Å². The van der Waals surface area contributed by atoms with E-state index in [1.54, 1.807) is 20.7 Å². The maximum atomic E-state index is 12.6. The number of amides is 2. The van der Waals surface area contributed by atoms with Crippen molar-refractivity contribution in [1.29, 1.82) is 0 Å². The summed E-state index contributed by atoms with van der Waals surface area (Å²) in [6, 6.07) is 9.63. The van der Waals surface area contributed by atoms with Crippen molar-refractivity contribution in [2.45, 2.75) is 18.4 Å². The Morgan fingerprint density at radius 1 is 1.24 bits per heavy atom. The zero-order valence-electron chi connectivity index (χ0n) is 13.8. The molecule has 3 heterocycles. The lowest BCUT2D eigenvalue weighted by Gasteiger charge is -2.47. The van der Waals surface area contributed by atoms with Crippen LogP contribution in [0.1, 0.15) is 23.3 Å². The summed E-state index contributed by atoms with van der Waals surface area (Å²) < 4.78 is 5.97. The molecule has 2 saturated heterocycles. The Kier molecular flexibility index (Phi) is 4.27. The Morgan fingerprint density at radius 3 is 2.84 bits per heavy atom. The number of hydrogen-bond acceptors (Lipinski definition) is 5. The van der Waals surface area contributed by atoms with E-state index in [-0.39, 0.29) is 18.4 Å². The van der Waals surface area contributed by atoms with Crippen molar-refractivity contribution >= 4 is 28.8 Å². The summed E-state index contributed by atoms with van der Waals surface area (Å²) in [7, 11) is 0. The molecule has 25 heavy (non-hydrogen) atoms. The van der Waals surface area contributed by atoms with Crippen molar-refractivity contribution in [2.75, 3.05) is 31.1 Å². The van der Waals surface area contributed by atoms with Crippen molar-refractivity contribution in [3.05, 3.63) is 46.9 Å². The summed E-state index contributed by atoms with van der Waals surface area (Å²) in [4.78, 5) is 32.7. The number of thiazole rings is 1. The second-order valence-electron chi connectivity index (χ2n) is 6.49. The highest BCUT2D eigenvalue weighted by atomic mass is 32.1. The third-order valence-corrected chi connectivity index (χ3v) is 5.38. The zero-order chi connectivity index (χ0) is 17.3. The minimum Gasteiger partial charge on any atom is -0.361 e. The van der Waals surface area contributed by atoms with Crippen LogP contribution < -0.4 is 4.90 Å². The molecule has 7 heteroatoms. The van der Waals surface area contributed by atoms with Gasteiger partial charge in [-0.05, 0) is 25.0 Å². The first-order valence-electron chi connectivity index (χ1n) is 8.34. The molecule has 0 radical (unpaired) electrons. The van der Waals surface area contributed by atoms with Gasteiger partial charge in [-0.1, -0.05) is 18.2 Å². The quantitative estimate of drug-likeness (QED) is 0.826. The van der Waals surface area contributed by atoms with Gasteiger partial charge in [-0.25, -0.2) is 4.98 Å². The van der Waals surface area contributed by atoms with E-state index in [1.165, 1.54) is 11.3 Å². The average Bonchev–Trinajstić information content (AvgIpc) is 3.19. The minimum atomic E-state index is -0.506. The molecule has 0 aliphatic carbocycles. The molecule has 2 aromatic rings. The lowest BCUT2D eigenvalue weighted by atomic mass is 9.90. The average molecular weight is 357 g/mol. The Morgan fingerprint density at radius 2 is 2.08 bits per heavy atom. The molecule has 1 atom stereocenters. The van der Waals surface area contributed by atoms with E-state index in [2.05, 4.69) is 4.98 Å². The van der Waals surface area contributed by atoms with Gasteiger partial charge in [0.25, 0.3) is 11.8 Å². The van der Waals surface area contributed by atoms with Gasteiger partial charge in [0, 0.05) is 17.6 Å². The van der Waals surface area contributed by atoms with Crippen molar-refractivity contribution in [3.8, 4) is 0 Å². The molecule has 1 aromatic heterocycles. The highest BCUT2D eigenvalue weighted by molar-refractivity contribution is 7.07. The first kappa shape index (κ1) is 16.2. The maximum Gasteiger partial charge on any atom is 0.273 e. The summed E-state index contributed by atoms with van der Waals surface area (Å²) >= 11 is 1.41. The minimum absolute atomic E-state index is 0.0419. The van der Waals surface area contributed by atoms with Crippen LogP contribution in [0.5, 0.6) is 0 Å². The fraction of sp³-hybridized carbons (Fsp3) is 0.389. The van der Waals surface area contributed by atoms with Crippen molar-refractivity contribution in [2.24, 2.45) is 0 Å². The zero-order valence-corrected chi connectivity index (χ0v) is 14.6. The number of benzene rings is 1. The Balaban J connectivity index is 1.54. The van der Waals surface area contributed by atoms with E-state index < -0.39 is 5.60 Å². The molecule has 0 N–H and O–H groups in total. The van der Waals surface area contributed by atoms with Gasteiger partial charge in [-0.15, -0.1) is 11.3 Å². The second kappa shape index (κ2) is 6.57. The van der Waals surface area contributed by atoms with Crippen LogP contribution >= 0.6 is 11.3 Å². The fourth-order valence-electron chi connectivity index (χ4n) is 3.56. The molecule has 4 rings (SSSR count). The number of anilines is 1. The summed E-state index contributed by atoms with van der Waals surface area (Å²) in [5.74, 6) is -0.105. The molecule has 6 nitrogen and oxygen atoms in total. The molecule has 1 spiro atoms. The molecule has 1 aromatic carbocycles. The molecule has 130 valence electrons. The number of para-hydroxylation sites is 1. The Bertz CT molecular complexity index is 765. The highest BCUT2D eigenvalue weighted by Crippen LogP contribution is 2.32. The number of carbonyl (C=O) groups is 2. The van der Waals surface area contributed by atoms with Crippen LogP contribution in [-0.4, -0.2) is 53.5 Å². The van der Waals surface area contributed by atoms with Crippen LogP contribution in [-0.2, 0) is 9.53 Å². The fourth-order valence-corrected chi connectivity index (χ4v) is 4.08. The summed E-state index contributed by atoms with van der Waals surface area (Å²) in [5.41, 5.74) is 2.51. The molecule has 0 bridgehead atoms. The third-order valence-electron chi connectivity index (χ3n) is 4.80. The predicted octanol–water partition coefficient (Wildman–Crippen LogP) is 2.18. The number of piperidine rings is 1. The molecular formula is C18H19N3O3S. The van der Waals surface area contributed by atoms with Gasteiger partial charge < -0.3 is 14.5 Å². The monoisotopic (exact) mass is 357 g/mol. The predicted molar refractivity (Wildman–Crippen MR) is 94.7 cm³/mol. The first-order chi connectivity index (χ1) is 12.2. The summed E-state index contributed by atoms with van der Waals surface area (Å²) in [6.07, 6.45) is 1.69. The third kappa shape index (κ3) is 3.17. The van der Waals surface area contributed by atoms with Crippen molar-refractivity contribution < 1.29 is 14.3 Å². The molecule has 2 fully saturated rings. The van der Waals surface area contributed by atoms with Gasteiger partial charge in [0.1, 0.15) is 17.9 Å². The standard InChI is InChI=1S/C18H19N3O3S/c22-16-9-24-18(12-21(16)14-5-2-1-3-6-14)7-4-8-20(11-18)17(23)15-10-25-13-19-15/h1-3,5-6,10,13H,4,7-9,11-12H2. The van der Waals surface area contributed by atoms with Gasteiger partial charge >= 0.3 is 0 Å². The van der Waals surface area contributed by atoms with E-state index >= 15 is 0 Å². The van der Waals surface area contributed by atoms with Crippen LogP contribution in [0.15, 0.2) is 41.2 Å². The Hall–Kier alpha value is -2.25. The lowest BCUT2D eigenvalue weighted by molar-refractivity contribution is -0.144. The molecule has 1 unspecified atom stereocenters. The Labute approximate surface area is 150 Å². The van der Waals surface area contributed by atoms with Crippen molar-refractivity contribution in [1.82, 2.24) is 9.88 Å². The van der Waals surface area contributed by atoms with Crippen molar-refractivity contribution in [3.63, 3.8) is 0 Å². The van der Waals surface area contributed by atoms with E-state index in [9.17, 15) is 9.59 Å². The topological polar surface area (TPSA) is 62.7 Å². The number of nitrogens with zero attached hydrogens (tertiary/aromatic N) is 3. The van der Waals surface area contributed by atoms with Crippen LogP contribution in [0.2, 0.25) is 0 Å². The molecular weight excluding hydrogens is 338 g/mol. The van der Waals surface area contributed by atoms with Gasteiger partial charge in [0.2, 0.25) is 0 Å². The van der Waals surface area contributed by atoms with Crippen LogP contribution in [0.25, 0.3) is 0 Å². The molecule has 0 saturated carbocycles. The van der Waals surface area contributed by atoms with Crippen LogP contribution in [0.3, 0.4) is 0 Å². The summed E-state index contributed by atoms with van der Waals surface area (Å²) in [5, 5.41) is 1.77. The van der Waals surface area contributed by atoms with Crippen LogP contribution in [0, 0.1) is 0 Å². The molecule has 2 aliphatic heterocycles. The number of morpholine rings is 1. The molecule has 2 aliphatic rings. The number of likely N-dealkylation sites (tertiary alicyclic amines) is 1. The number of rotatable bonds is 2. The number of carbonyl (C=O) groups excluding carboxylic acids is 2. The SMILES string of the molecule is O=C(c1cscn1)N1CCCC2(C1)CN(c1ccccc1)C(=O)CO2. The molecule has 2 amide bonds. The second-order valence-corrected chi connectivity index (χ2v) is 7.21. The van der Waals surface area contributed by atoms with Gasteiger partial charge in [-0.2, -0.15) is 0 Å². The lowest BCUT2D eigenvalue weighted by Crippen LogP contribution is -2.62. The van der Waals surface area contributed by atoms with E-state index in [4.69, 9.17) is 4.74 Å². The van der Waals surface area contributed by atoms with Gasteiger partial charge in [0.15, 0.2) is 0 Å². The largest absolute Gasteiger partial charge is 0.361 e. The first-order valence-corrected chi connectivity index (χ1v) is 9.28. The normalized spacial score (nSPS) is 23.9. The van der Waals surface area contributed by atoms with Crippen LogP contribution in [0.4, 0.5) is 5.69 Å². The summed E-state index contributed by atoms with van der Waals surface area (Å²) in [6.45, 7) is 1.70.